The van der Waals surface area contributed by atoms with Crippen LogP contribution in [-0.2, 0) is 16.0 Å². The third-order valence-electron chi connectivity index (χ3n) is 4.94. The van der Waals surface area contributed by atoms with E-state index in [1.165, 1.54) is 23.7 Å². The molecule has 0 aliphatic carbocycles. The Morgan fingerprint density at radius 3 is 2.55 bits per heavy atom. The van der Waals surface area contributed by atoms with Crippen LogP contribution in [-0.4, -0.2) is 58.0 Å². The summed E-state index contributed by atoms with van der Waals surface area (Å²) in [4.78, 5) is 21.4. The zero-order valence-corrected chi connectivity index (χ0v) is 18.3. The second-order valence-corrected chi connectivity index (χ2v) is 8.62. The van der Waals surface area contributed by atoms with E-state index >= 15 is 0 Å². The summed E-state index contributed by atoms with van der Waals surface area (Å²) in [6.07, 6.45) is 1.14. The van der Waals surface area contributed by atoms with Crippen molar-refractivity contribution < 1.29 is 13.9 Å². The van der Waals surface area contributed by atoms with Crippen LogP contribution in [0.25, 0.3) is 0 Å². The van der Waals surface area contributed by atoms with Crippen molar-refractivity contribution in [2.24, 2.45) is 0 Å². The molecule has 6 nitrogen and oxygen atoms in total. The minimum Gasteiger partial charge on any atom is -0.372 e. The summed E-state index contributed by atoms with van der Waals surface area (Å²) in [5.41, 5.74) is 0.970. The number of morpholine rings is 1. The largest absolute Gasteiger partial charge is 0.372 e. The summed E-state index contributed by atoms with van der Waals surface area (Å²) in [5.74, 6) is 0.610. The average Bonchev–Trinajstić information content (AvgIpc) is 3.10. The molecule has 1 amide bonds. The number of hydrogen-bond acceptors (Lipinski definition) is 6. The topological polar surface area (TPSA) is 58.6 Å². The van der Waals surface area contributed by atoms with Crippen LogP contribution in [0.5, 0.6) is 0 Å². The summed E-state index contributed by atoms with van der Waals surface area (Å²) < 4.78 is 23.3. The molecule has 1 fully saturated rings. The number of carbonyl (C=O) groups is 1. The molecule has 1 aliphatic heterocycles. The first kappa shape index (κ1) is 21.6. The fraction of sp³-hybridized carbons (Fsp3) is 0.571. The van der Waals surface area contributed by atoms with Gasteiger partial charge in [0, 0.05) is 50.1 Å². The maximum Gasteiger partial charge on any atom is 0.224 e. The third-order valence-corrected chi connectivity index (χ3v) is 5.73. The molecule has 2 atom stereocenters. The van der Waals surface area contributed by atoms with Gasteiger partial charge in [0.25, 0.3) is 0 Å². The van der Waals surface area contributed by atoms with Gasteiger partial charge in [0.1, 0.15) is 11.6 Å². The number of ether oxygens (including phenoxy) is 1. The molecule has 2 heterocycles. The Morgan fingerprint density at radius 2 is 1.93 bits per heavy atom. The Labute approximate surface area is 175 Å². The van der Waals surface area contributed by atoms with Crippen LogP contribution >= 0.6 is 11.5 Å². The monoisotopic (exact) mass is 420 g/mol. The SMILES string of the molecule is CC(C)N(CCC(=O)N1C[C@@H](C)O[C@@H](C)C1)c1nc(Cc2ccc(F)cc2)ns1. The molecule has 2 aromatic rings. The van der Waals surface area contributed by atoms with Crippen molar-refractivity contribution in [1.29, 1.82) is 0 Å². The van der Waals surface area contributed by atoms with Crippen LogP contribution in [0.3, 0.4) is 0 Å². The molecule has 0 unspecified atom stereocenters. The highest BCUT2D eigenvalue weighted by molar-refractivity contribution is 7.09. The number of aromatic nitrogens is 2. The lowest BCUT2D eigenvalue weighted by Crippen LogP contribution is -2.49. The highest BCUT2D eigenvalue weighted by atomic mass is 32.1. The van der Waals surface area contributed by atoms with Gasteiger partial charge < -0.3 is 14.5 Å². The van der Waals surface area contributed by atoms with Gasteiger partial charge in [-0.15, -0.1) is 0 Å². The lowest BCUT2D eigenvalue weighted by molar-refractivity contribution is -0.143. The van der Waals surface area contributed by atoms with Crippen LogP contribution in [0.15, 0.2) is 24.3 Å². The molecule has 0 spiro atoms. The van der Waals surface area contributed by atoms with Gasteiger partial charge in [0.15, 0.2) is 0 Å². The molecule has 158 valence electrons. The van der Waals surface area contributed by atoms with Crippen molar-refractivity contribution in [2.45, 2.75) is 58.8 Å². The number of carbonyl (C=O) groups excluding carboxylic acids is 1. The summed E-state index contributed by atoms with van der Waals surface area (Å²) in [6.45, 7) is 10.1. The van der Waals surface area contributed by atoms with Crippen LogP contribution in [0.4, 0.5) is 9.52 Å². The van der Waals surface area contributed by atoms with E-state index in [0.717, 1.165) is 10.7 Å². The predicted octanol–water partition coefficient (Wildman–Crippen LogP) is 3.51. The Hall–Kier alpha value is -2.06. The Morgan fingerprint density at radius 1 is 1.28 bits per heavy atom. The van der Waals surface area contributed by atoms with Crippen LogP contribution in [0, 0.1) is 5.82 Å². The molecule has 0 saturated carbocycles. The number of benzene rings is 1. The average molecular weight is 421 g/mol. The highest BCUT2D eigenvalue weighted by Crippen LogP contribution is 2.22. The zero-order valence-electron chi connectivity index (χ0n) is 17.5. The molecule has 1 saturated heterocycles. The second kappa shape index (κ2) is 9.63. The molecule has 1 aromatic carbocycles. The first-order valence-corrected chi connectivity index (χ1v) is 10.9. The fourth-order valence-corrected chi connectivity index (χ4v) is 4.39. The quantitative estimate of drug-likeness (QED) is 0.686. The van der Waals surface area contributed by atoms with E-state index in [0.29, 0.717) is 38.3 Å². The number of nitrogens with zero attached hydrogens (tertiary/aromatic N) is 4. The second-order valence-electron chi connectivity index (χ2n) is 7.89. The van der Waals surface area contributed by atoms with E-state index in [1.54, 1.807) is 12.1 Å². The third kappa shape index (κ3) is 5.96. The van der Waals surface area contributed by atoms with E-state index in [1.807, 2.05) is 18.7 Å². The Kier molecular flexibility index (Phi) is 7.18. The van der Waals surface area contributed by atoms with Crippen LogP contribution in [0.1, 0.15) is 45.5 Å². The van der Waals surface area contributed by atoms with Crippen molar-refractivity contribution in [1.82, 2.24) is 14.3 Å². The lowest BCUT2D eigenvalue weighted by atomic mass is 10.1. The molecular weight excluding hydrogens is 391 g/mol. The molecule has 3 rings (SSSR count). The Balaban J connectivity index is 1.60. The summed E-state index contributed by atoms with van der Waals surface area (Å²) >= 11 is 1.34. The molecule has 0 bridgehead atoms. The number of anilines is 1. The van der Waals surface area contributed by atoms with Crippen molar-refractivity contribution in [3.05, 3.63) is 41.5 Å². The Bertz CT molecular complexity index is 801. The smallest absolute Gasteiger partial charge is 0.224 e. The van der Waals surface area contributed by atoms with E-state index in [-0.39, 0.29) is 30.0 Å². The van der Waals surface area contributed by atoms with Crippen molar-refractivity contribution >= 4 is 22.6 Å². The van der Waals surface area contributed by atoms with E-state index in [2.05, 4.69) is 28.1 Å². The lowest BCUT2D eigenvalue weighted by Gasteiger charge is -2.36. The molecule has 0 radical (unpaired) electrons. The standard InChI is InChI=1S/C21H29FN4O2S/c1-14(2)26(10-9-20(27)25-12-15(3)28-16(4)13-25)21-23-19(24-29-21)11-17-5-7-18(22)8-6-17/h5-8,14-16H,9-13H2,1-4H3/t15-,16+. The minimum absolute atomic E-state index is 0.0704. The summed E-state index contributed by atoms with van der Waals surface area (Å²) in [5, 5.41) is 0.814. The van der Waals surface area contributed by atoms with Crippen LogP contribution in [0.2, 0.25) is 0 Å². The van der Waals surface area contributed by atoms with E-state index in [9.17, 15) is 9.18 Å². The molecule has 8 heteroatoms. The van der Waals surface area contributed by atoms with Crippen LogP contribution < -0.4 is 4.90 Å². The van der Waals surface area contributed by atoms with Gasteiger partial charge in [0.2, 0.25) is 11.0 Å². The molecule has 0 N–H and O–H groups in total. The fourth-order valence-electron chi connectivity index (χ4n) is 3.55. The van der Waals surface area contributed by atoms with E-state index < -0.39 is 0 Å². The van der Waals surface area contributed by atoms with Gasteiger partial charge in [-0.1, -0.05) is 12.1 Å². The predicted molar refractivity (Wildman–Crippen MR) is 113 cm³/mol. The molecule has 1 aromatic heterocycles. The maximum absolute atomic E-state index is 13.1. The van der Waals surface area contributed by atoms with Gasteiger partial charge in [0.05, 0.1) is 12.2 Å². The maximum atomic E-state index is 13.1. The summed E-state index contributed by atoms with van der Waals surface area (Å²) in [7, 11) is 0. The van der Waals surface area contributed by atoms with Gasteiger partial charge in [-0.2, -0.15) is 4.37 Å². The number of rotatable bonds is 7. The number of halogens is 1. The molecule has 29 heavy (non-hydrogen) atoms. The van der Waals surface area contributed by atoms with E-state index in [4.69, 9.17) is 4.74 Å². The molecular formula is C21H29FN4O2S. The van der Waals surface area contributed by atoms with Gasteiger partial charge in [-0.3, -0.25) is 4.79 Å². The van der Waals surface area contributed by atoms with Gasteiger partial charge >= 0.3 is 0 Å². The minimum atomic E-state index is -0.250. The van der Waals surface area contributed by atoms with Gasteiger partial charge in [-0.25, -0.2) is 9.37 Å². The van der Waals surface area contributed by atoms with Gasteiger partial charge in [-0.05, 0) is 45.4 Å². The number of amides is 1. The highest BCUT2D eigenvalue weighted by Gasteiger charge is 2.26. The van der Waals surface area contributed by atoms with Crippen molar-refractivity contribution in [3.8, 4) is 0 Å². The summed E-state index contributed by atoms with van der Waals surface area (Å²) in [6, 6.07) is 6.60. The zero-order chi connectivity index (χ0) is 21.0. The van der Waals surface area contributed by atoms with Crippen molar-refractivity contribution in [3.63, 3.8) is 0 Å². The first-order valence-electron chi connectivity index (χ1n) is 10.1. The molecule has 1 aliphatic rings. The van der Waals surface area contributed by atoms with Crippen molar-refractivity contribution in [2.75, 3.05) is 24.5 Å². The number of hydrogen-bond donors (Lipinski definition) is 0. The first-order chi connectivity index (χ1) is 13.8. The normalized spacial score (nSPS) is 19.6.